The van der Waals surface area contributed by atoms with E-state index in [4.69, 9.17) is 4.74 Å². The Hall–Kier alpha value is -1.98. The Morgan fingerprint density at radius 1 is 1.00 bits per heavy atom. The van der Waals surface area contributed by atoms with E-state index in [9.17, 15) is 19.2 Å². The van der Waals surface area contributed by atoms with E-state index in [2.05, 4.69) is 31.3 Å². The molecule has 0 unspecified atom stereocenters. The minimum absolute atomic E-state index is 0.00184. The molecule has 0 aromatic carbocycles. The van der Waals surface area contributed by atoms with E-state index in [1.165, 1.54) is 25.7 Å². The molecule has 1 rings (SSSR count). The Bertz CT molecular complexity index is 650. The van der Waals surface area contributed by atoms with Gasteiger partial charge in [-0.1, -0.05) is 58.1 Å². The molecule has 0 radical (unpaired) electrons. The number of amides is 1. The number of nitrogens with one attached hydrogen (secondary N) is 1. The number of alkyl carbamates (subject to hydrolysis) is 1. The van der Waals surface area contributed by atoms with Gasteiger partial charge in [0, 0.05) is 18.3 Å². The summed E-state index contributed by atoms with van der Waals surface area (Å²) in [5.74, 6) is 1.42. The number of Topliss-reactive ketones (excluding diaryl/α,β-unsaturated/α-hetero) is 2. The van der Waals surface area contributed by atoms with Crippen molar-refractivity contribution >= 4 is 23.9 Å². The number of carbonyl (C=O) groups is 4. The van der Waals surface area contributed by atoms with Gasteiger partial charge in [-0.05, 0) is 72.1 Å². The van der Waals surface area contributed by atoms with Crippen LogP contribution < -0.4 is 5.32 Å². The second kappa shape index (κ2) is 19.2. The molecule has 1 N–H and O–H groups in total. The zero-order valence-corrected chi connectivity index (χ0v) is 23.2. The monoisotopic (exact) mass is 493 g/mol. The van der Waals surface area contributed by atoms with Gasteiger partial charge in [-0.15, -0.1) is 0 Å². The first-order valence-corrected chi connectivity index (χ1v) is 13.6. The molecule has 6 heteroatoms. The first kappa shape index (κ1) is 33.0. The van der Waals surface area contributed by atoms with Crippen molar-refractivity contribution in [2.24, 2.45) is 17.8 Å². The molecule has 1 aliphatic carbocycles. The Morgan fingerprint density at radius 3 is 2.20 bits per heavy atom. The summed E-state index contributed by atoms with van der Waals surface area (Å²) in [7, 11) is 0. The summed E-state index contributed by atoms with van der Waals surface area (Å²) in [4.78, 5) is 44.9. The van der Waals surface area contributed by atoms with Gasteiger partial charge >= 0.3 is 6.09 Å². The number of ether oxygens (including phenoxy) is 1. The van der Waals surface area contributed by atoms with Gasteiger partial charge in [0.25, 0.3) is 0 Å². The summed E-state index contributed by atoms with van der Waals surface area (Å²) in [5.41, 5.74) is -0.560. The molecule has 3 atom stereocenters. The van der Waals surface area contributed by atoms with E-state index < -0.39 is 11.7 Å². The molecule has 1 fully saturated rings. The fraction of sp³-hybridized carbons (Fsp3) is 0.793. The van der Waals surface area contributed by atoms with Crippen LogP contribution in [0.4, 0.5) is 4.79 Å². The van der Waals surface area contributed by atoms with Crippen LogP contribution in [0.5, 0.6) is 0 Å². The van der Waals surface area contributed by atoms with Gasteiger partial charge in [-0.2, -0.15) is 0 Å². The summed E-state index contributed by atoms with van der Waals surface area (Å²) in [6, 6.07) is 0. The number of carbonyl (C=O) groups excluding carboxylic acids is 4. The lowest BCUT2D eigenvalue weighted by molar-refractivity contribution is -0.119. The molecule has 0 saturated heterocycles. The van der Waals surface area contributed by atoms with Crippen LogP contribution in [0.1, 0.15) is 119 Å². The van der Waals surface area contributed by atoms with Crippen molar-refractivity contribution in [1.82, 2.24) is 5.32 Å². The third kappa shape index (κ3) is 20.0. The van der Waals surface area contributed by atoms with Crippen molar-refractivity contribution in [2.45, 2.75) is 124 Å². The van der Waals surface area contributed by atoms with Crippen molar-refractivity contribution in [1.29, 1.82) is 0 Å². The molecule has 1 aliphatic rings. The van der Waals surface area contributed by atoms with Crippen LogP contribution in [0.2, 0.25) is 0 Å². The van der Waals surface area contributed by atoms with Crippen LogP contribution in [-0.2, 0) is 19.1 Å². The van der Waals surface area contributed by atoms with Crippen LogP contribution in [0, 0.1) is 17.8 Å². The lowest BCUT2D eigenvalue weighted by atomic mass is 9.96. The predicted octanol–water partition coefficient (Wildman–Crippen LogP) is 6.99. The zero-order chi connectivity index (χ0) is 26.7. The van der Waals surface area contributed by atoms with Crippen LogP contribution in [0.15, 0.2) is 12.2 Å². The molecule has 35 heavy (non-hydrogen) atoms. The fourth-order valence-electron chi connectivity index (χ4n) is 3.73. The SMILES string of the molecule is CCCCC/C=C\[C@@H]1C[C@@H]1C(C)=O.CCCC[C@@H](C=O)CCCCC(=O)CNC(=O)OC(C)(C)C. The van der Waals surface area contributed by atoms with Gasteiger partial charge in [0.05, 0.1) is 6.54 Å². The zero-order valence-electron chi connectivity index (χ0n) is 23.2. The van der Waals surface area contributed by atoms with Crippen LogP contribution in [0.3, 0.4) is 0 Å². The van der Waals surface area contributed by atoms with Gasteiger partial charge < -0.3 is 14.8 Å². The molecule has 0 aromatic rings. The molecular formula is C29H51NO5. The highest BCUT2D eigenvalue weighted by Crippen LogP contribution is 2.40. The third-order valence-corrected chi connectivity index (χ3v) is 5.95. The number of rotatable bonds is 17. The molecule has 0 aliphatic heterocycles. The van der Waals surface area contributed by atoms with Gasteiger partial charge in [0.2, 0.25) is 0 Å². The summed E-state index contributed by atoms with van der Waals surface area (Å²) >= 11 is 0. The third-order valence-electron chi connectivity index (χ3n) is 5.95. The van der Waals surface area contributed by atoms with Crippen molar-refractivity contribution in [3.8, 4) is 0 Å². The van der Waals surface area contributed by atoms with Crippen LogP contribution >= 0.6 is 0 Å². The van der Waals surface area contributed by atoms with Gasteiger partial charge in [-0.25, -0.2) is 4.79 Å². The molecule has 202 valence electrons. The maximum atomic E-state index is 11.7. The van der Waals surface area contributed by atoms with Gasteiger partial charge in [0.1, 0.15) is 17.7 Å². The average molecular weight is 494 g/mol. The number of aldehydes is 1. The summed E-state index contributed by atoms with van der Waals surface area (Å²) < 4.78 is 5.06. The van der Waals surface area contributed by atoms with E-state index in [1.807, 2.05) is 0 Å². The van der Waals surface area contributed by atoms with Crippen molar-refractivity contribution in [3.63, 3.8) is 0 Å². The van der Waals surface area contributed by atoms with Crippen LogP contribution in [0.25, 0.3) is 0 Å². The van der Waals surface area contributed by atoms with Crippen molar-refractivity contribution in [2.75, 3.05) is 6.54 Å². The van der Waals surface area contributed by atoms with E-state index in [-0.39, 0.29) is 18.2 Å². The number of allylic oxidation sites excluding steroid dienone is 2. The molecule has 0 bridgehead atoms. The van der Waals surface area contributed by atoms with Crippen molar-refractivity contribution in [3.05, 3.63) is 12.2 Å². The number of hydrogen-bond acceptors (Lipinski definition) is 5. The van der Waals surface area contributed by atoms with E-state index in [1.54, 1.807) is 27.7 Å². The maximum Gasteiger partial charge on any atom is 0.408 e. The maximum absolute atomic E-state index is 11.7. The molecule has 6 nitrogen and oxygen atoms in total. The largest absolute Gasteiger partial charge is 0.444 e. The minimum Gasteiger partial charge on any atom is -0.444 e. The van der Waals surface area contributed by atoms with E-state index in [0.717, 1.165) is 51.2 Å². The Balaban J connectivity index is 0.000000750. The number of hydrogen-bond donors (Lipinski definition) is 1. The Kier molecular flexibility index (Phi) is 18.1. The Labute approximate surface area is 214 Å². The van der Waals surface area contributed by atoms with E-state index >= 15 is 0 Å². The fourth-order valence-corrected chi connectivity index (χ4v) is 3.73. The van der Waals surface area contributed by atoms with Gasteiger partial charge in [0.15, 0.2) is 5.78 Å². The standard InChI is InChI=1S/C17H31NO4.C12H20O/c1-5-6-9-14(13-19)10-7-8-11-15(20)12-18-16(21)22-17(2,3)4;1-3-4-5-6-7-8-11-9-12(11)10(2)13/h13-14H,5-12H2,1-4H3,(H,18,21);7-8,11-12H,3-6,9H2,1-2H3/b;8-7-/t14-;11-,12-/m11/s1. The second-order valence-electron chi connectivity index (χ2n) is 10.7. The highest BCUT2D eigenvalue weighted by Gasteiger charge is 2.38. The number of ketones is 2. The number of unbranched alkanes of at least 4 members (excludes halogenated alkanes) is 5. The lowest BCUT2D eigenvalue weighted by Crippen LogP contribution is -2.35. The lowest BCUT2D eigenvalue weighted by Gasteiger charge is -2.19. The highest BCUT2D eigenvalue weighted by molar-refractivity contribution is 5.84. The summed E-state index contributed by atoms with van der Waals surface area (Å²) in [5, 5.41) is 2.46. The smallest absolute Gasteiger partial charge is 0.408 e. The molecule has 0 heterocycles. The normalized spacial score (nSPS) is 17.8. The second-order valence-corrected chi connectivity index (χ2v) is 10.7. The molecule has 0 spiro atoms. The molecule has 0 aromatic heterocycles. The van der Waals surface area contributed by atoms with E-state index in [0.29, 0.717) is 24.0 Å². The Morgan fingerprint density at radius 2 is 1.66 bits per heavy atom. The first-order chi connectivity index (χ1) is 16.5. The quantitative estimate of drug-likeness (QED) is 0.134. The average Bonchev–Trinajstić information content (AvgIpc) is 3.56. The summed E-state index contributed by atoms with van der Waals surface area (Å²) in [6.45, 7) is 11.4. The highest BCUT2D eigenvalue weighted by atomic mass is 16.6. The van der Waals surface area contributed by atoms with Gasteiger partial charge in [-0.3, -0.25) is 9.59 Å². The molecule has 1 saturated carbocycles. The van der Waals surface area contributed by atoms with Crippen molar-refractivity contribution < 1.29 is 23.9 Å². The topological polar surface area (TPSA) is 89.5 Å². The van der Waals surface area contributed by atoms with Crippen LogP contribution in [-0.4, -0.2) is 36.1 Å². The molecule has 1 amide bonds. The first-order valence-electron chi connectivity index (χ1n) is 13.6. The predicted molar refractivity (Wildman–Crippen MR) is 142 cm³/mol. The molecular weight excluding hydrogens is 442 g/mol. The summed E-state index contributed by atoms with van der Waals surface area (Å²) in [6.07, 6.45) is 17.1. The minimum atomic E-state index is -0.568.